The average molecular weight is 247 g/mol. The van der Waals surface area contributed by atoms with E-state index in [-0.39, 0.29) is 0 Å². The molecule has 4 nitrogen and oxygen atoms in total. The summed E-state index contributed by atoms with van der Waals surface area (Å²) >= 11 is 0. The molecule has 3 rings (SSSR count). The largest absolute Gasteiger partial charge is 0.493 e. The number of benzene rings is 1. The molecule has 1 atom stereocenters. The molecule has 4 heteroatoms. The maximum atomic E-state index is 5.82. The van der Waals surface area contributed by atoms with Crippen LogP contribution in [-0.4, -0.2) is 49.6 Å². The highest BCUT2D eigenvalue weighted by molar-refractivity contribution is 5.50. The fourth-order valence-corrected chi connectivity index (χ4v) is 2.90. The Kier molecular flexibility index (Phi) is 3.14. The molecule has 0 saturated carbocycles. The molecule has 18 heavy (non-hydrogen) atoms. The molecular weight excluding hydrogens is 226 g/mol. The Balaban J connectivity index is 1.82. The lowest BCUT2D eigenvalue weighted by Crippen LogP contribution is -2.46. The Bertz CT molecular complexity index is 427. The van der Waals surface area contributed by atoms with Crippen molar-refractivity contribution in [3.8, 4) is 5.75 Å². The van der Waals surface area contributed by atoms with Gasteiger partial charge in [0.2, 0.25) is 0 Å². The highest BCUT2D eigenvalue weighted by atomic mass is 16.5. The standard InChI is InChI=1S/C14H21N3O/c1-16-5-7-17(8-6-16)13-4-9-18-14-10-11(15)2-3-12(13)14/h2-3,10,13H,4-9,15H2,1H3. The van der Waals surface area contributed by atoms with E-state index in [9.17, 15) is 0 Å². The summed E-state index contributed by atoms with van der Waals surface area (Å²) in [4.78, 5) is 4.97. The number of likely N-dealkylation sites (N-methyl/N-ethyl adjacent to an activating group) is 1. The average Bonchev–Trinajstić information content (AvgIpc) is 2.38. The zero-order valence-corrected chi connectivity index (χ0v) is 10.9. The normalized spacial score (nSPS) is 25.5. The summed E-state index contributed by atoms with van der Waals surface area (Å²) in [7, 11) is 2.19. The Morgan fingerprint density at radius 2 is 2.00 bits per heavy atom. The van der Waals surface area contributed by atoms with Crippen LogP contribution in [0, 0.1) is 0 Å². The van der Waals surface area contributed by atoms with Gasteiger partial charge >= 0.3 is 0 Å². The van der Waals surface area contributed by atoms with Gasteiger partial charge in [0.1, 0.15) is 5.75 Å². The lowest BCUT2D eigenvalue weighted by molar-refractivity contribution is 0.0856. The summed E-state index contributed by atoms with van der Waals surface area (Å²) in [6, 6.07) is 6.57. The molecule has 0 aromatic heterocycles. The maximum Gasteiger partial charge on any atom is 0.126 e. The summed E-state index contributed by atoms with van der Waals surface area (Å²) in [5.74, 6) is 0.977. The van der Waals surface area contributed by atoms with Gasteiger partial charge in [-0.25, -0.2) is 0 Å². The Labute approximate surface area is 108 Å². The van der Waals surface area contributed by atoms with Gasteiger partial charge in [-0.1, -0.05) is 6.07 Å². The Hall–Kier alpha value is -1.26. The van der Waals surface area contributed by atoms with Crippen molar-refractivity contribution in [2.75, 3.05) is 45.6 Å². The number of fused-ring (bicyclic) bond motifs is 1. The first-order chi connectivity index (χ1) is 8.74. The van der Waals surface area contributed by atoms with Crippen LogP contribution >= 0.6 is 0 Å². The van der Waals surface area contributed by atoms with Crippen LogP contribution in [0.1, 0.15) is 18.0 Å². The molecule has 98 valence electrons. The molecule has 2 N–H and O–H groups in total. The minimum atomic E-state index is 0.503. The number of hydrogen-bond acceptors (Lipinski definition) is 4. The fraction of sp³-hybridized carbons (Fsp3) is 0.571. The van der Waals surface area contributed by atoms with E-state index in [1.54, 1.807) is 0 Å². The lowest BCUT2D eigenvalue weighted by Gasteiger charge is -2.40. The first-order valence-corrected chi connectivity index (χ1v) is 6.69. The second-order valence-electron chi connectivity index (χ2n) is 5.29. The zero-order chi connectivity index (χ0) is 12.5. The predicted molar refractivity (Wildman–Crippen MR) is 72.8 cm³/mol. The molecule has 1 saturated heterocycles. The summed E-state index contributed by atoms with van der Waals surface area (Å²) in [5, 5.41) is 0. The number of anilines is 1. The number of rotatable bonds is 1. The van der Waals surface area contributed by atoms with Crippen molar-refractivity contribution < 1.29 is 4.74 Å². The van der Waals surface area contributed by atoms with Crippen molar-refractivity contribution in [1.29, 1.82) is 0 Å². The number of piperazine rings is 1. The van der Waals surface area contributed by atoms with E-state index in [1.807, 2.05) is 12.1 Å². The SMILES string of the molecule is CN1CCN(C2CCOc3cc(N)ccc32)CC1. The van der Waals surface area contributed by atoms with Crippen LogP contribution in [0.3, 0.4) is 0 Å². The van der Waals surface area contributed by atoms with Crippen molar-refractivity contribution in [2.45, 2.75) is 12.5 Å². The third-order valence-corrected chi connectivity index (χ3v) is 4.02. The molecule has 0 amide bonds. The number of nitrogens with zero attached hydrogens (tertiary/aromatic N) is 2. The first-order valence-electron chi connectivity index (χ1n) is 6.69. The van der Waals surface area contributed by atoms with Crippen molar-refractivity contribution in [3.63, 3.8) is 0 Å². The molecule has 1 aromatic rings. The van der Waals surface area contributed by atoms with Crippen LogP contribution in [0.5, 0.6) is 5.75 Å². The Morgan fingerprint density at radius 3 is 2.78 bits per heavy atom. The third-order valence-electron chi connectivity index (χ3n) is 4.02. The van der Waals surface area contributed by atoms with Gasteiger partial charge in [0.15, 0.2) is 0 Å². The van der Waals surface area contributed by atoms with Gasteiger partial charge in [-0.3, -0.25) is 4.90 Å². The fourth-order valence-electron chi connectivity index (χ4n) is 2.90. The highest BCUT2D eigenvalue weighted by Crippen LogP contribution is 2.37. The van der Waals surface area contributed by atoms with E-state index < -0.39 is 0 Å². The zero-order valence-electron chi connectivity index (χ0n) is 10.9. The van der Waals surface area contributed by atoms with Crippen LogP contribution in [0.4, 0.5) is 5.69 Å². The number of nitrogen functional groups attached to an aromatic ring is 1. The Morgan fingerprint density at radius 1 is 1.22 bits per heavy atom. The lowest BCUT2D eigenvalue weighted by atomic mass is 9.98. The molecule has 0 radical (unpaired) electrons. The van der Waals surface area contributed by atoms with Gasteiger partial charge < -0.3 is 15.4 Å². The van der Waals surface area contributed by atoms with E-state index in [1.165, 1.54) is 5.56 Å². The van der Waals surface area contributed by atoms with E-state index in [0.717, 1.165) is 50.6 Å². The van der Waals surface area contributed by atoms with E-state index >= 15 is 0 Å². The third kappa shape index (κ3) is 2.18. The quantitative estimate of drug-likeness (QED) is 0.760. The summed E-state index contributed by atoms with van der Waals surface area (Å²) in [6.07, 6.45) is 1.08. The molecule has 2 aliphatic rings. The second-order valence-corrected chi connectivity index (χ2v) is 5.29. The van der Waals surface area contributed by atoms with Gasteiger partial charge in [0, 0.05) is 56.0 Å². The number of hydrogen-bond donors (Lipinski definition) is 1. The molecule has 0 aliphatic carbocycles. The van der Waals surface area contributed by atoms with Crippen LogP contribution in [0.2, 0.25) is 0 Å². The van der Waals surface area contributed by atoms with E-state index in [4.69, 9.17) is 10.5 Å². The predicted octanol–water partition coefficient (Wildman–Crippen LogP) is 1.34. The van der Waals surface area contributed by atoms with Crippen molar-refractivity contribution >= 4 is 5.69 Å². The highest BCUT2D eigenvalue weighted by Gasteiger charge is 2.28. The van der Waals surface area contributed by atoms with Crippen LogP contribution < -0.4 is 10.5 Å². The van der Waals surface area contributed by atoms with Gasteiger partial charge in [-0.2, -0.15) is 0 Å². The number of ether oxygens (including phenoxy) is 1. The van der Waals surface area contributed by atoms with E-state index in [2.05, 4.69) is 22.9 Å². The van der Waals surface area contributed by atoms with Gasteiger partial charge in [0.25, 0.3) is 0 Å². The molecule has 2 heterocycles. The summed E-state index contributed by atoms with van der Waals surface area (Å²) in [5.41, 5.74) is 7.91. The maximum absolute atomic E-state index is 5.82. The topological polar surface area (TPSA) is 41.7 Å². The molecule has 1 unspecified atom stereocenters. The van der Waals surface area contributed by atoms with Gasteiger partial charge in [-0.05, 0) is 13.1 Å². The smallest absolute Gasteiger partial charge is 0.126 e. The second kappa shape index (κ2) is 4.78. The minimum Gasteiger partial charge on any atom is -0.493 e. The molecule has 0 bridgehead atoms. The monoisotopic (exact) mass is 247 g/mol. The van der Waals surface area contributed by atoms with Crippen molar-refractivity contribution in [1.82, 2.24) is 9.80 Å². The molecule has 2 aliphatic heterocycles. The molecule has 1 aromatic carbocycles. The van der Waals surface area contributed by atoms with Crippen molar-refractivity contribution in [2.24, 2.45) is 0 Å². The number of nitrogens with two attached hydrogens (primary N) is 1. The van der Waals surface area contributed by atoms with Crippen LogP contribution in [-0.2, 0) is 0 Å². The summed E-state index contributed by atoms with van der Waals surface area (Å²) in [6.45, 7) is 5.40. The first kappa shape index (κ1) is 11.8. The van der Waals surface area contributed by atoms with Crippen LogP contribution in [0.15, 0.2) is 18.2 Å². The van der Waals surface area contributed by atoms with Gasteiger partial charge in [-0.15, -0.1) is 0 Å². The van der Waals surface area contributed by atoms with Gasteiger partial charge in [0.05, 0.1) is 6.61 Å². The van der Waals surface area contributed by atoms with Crippen LogP contribution in [0.25, 0.3) is 0 Å². The molecule has 0 spiro atoms. The minimum absolute atomic E-state index is 0.503. The molecule has 1 fully saturated rings. The van der Waals surface area contributed by atoms with E-state index in [0.29, 0.717) is 6.04 Å². The summed E-state index contributed by atoms with van der Waals surface area (Å²) < 4.78 is 5.73. The van der Waals surface area contributed by atoms with Crippen molar-refractivity contribution in [3.05, 3.63) is 23.8 Å². The molecular formula is C14H21N3O.